The van der Waals surface area contributed by atoms with Crippen LogP contribution in [0, 0.1) is 6.92 Å². The molecule has 0 unspecified atom stereocenters. The largest absolute Gasteiger partial charge is 0.446 e. The van der Waals surface area contributed by atoms with Crippen molar-refractivity contribution in [2.45, 2.75) is 25.7 Å². The van der Waals surface area contributed by atoms with Gasteiger partial charge in [-0.2, -0.15) is 4.79 Å². The molecule has 0 amide bonds. The SMILES string of the molecule is COP(=O)(CC(C)=O)OC.COP(=O)(OC)C(=[N+]=[N-])C(C)=O.Cc1ccc(S(=O)(=O)N=[N+]=[N-])cc1. The lowest BCUT2D eigenvalue weighted by Gasteiger charge is -2.10. The van der Waals surface area contributed by atoms with Crippen LogP contribution in [0.25, 0.3) is 16.0 Å². The summed E-state index contributed by atoms with van der Waals surface area (Å²) in [6.07, 6.45) is -0.153. The predicted octanol–water partition coefficient (Wildman–Crippen LogP) is 3.74. The molecule has 0 heterocycles. The van der Waals surface area contributed by atoms with Gasteiger partial charge in [0.25, 0.3) is 10.0 Å². The first-order valence-electron chi connectivity index (χ1n) is 9.15. The van der Waals surface area contributed by atoms with Crippen LogP contribution in [0.2, 0.25) is 0 Å². The van der Waals surface area contributed by atoms with Gasteiger partial charge in [0.15, 0.2) is 0 Å². The average molecular weight is 555 g/mol. The molecule has 1 aromatic rings. The van der Waals surface area contributed by atoms with Gasteiger partial charge in [-0.3, -0.25) is 14.2 Å². The van der Waals surface area contributed by atoms with Crippen molar-refractivity contribution in [1.82, 2.24) is 0 Å². The third-order valence-corrected chi connectivity index (χ3v) is 8.57. The molecule has 0 saturated carbocycles. The maximum absolute atomic E-state index is 11.4. The third-order valence-electron chi connectivity index (χ3n) is 3.59. The van der Waals surface area contributed by atoms with Gasteiger partial charge in [-0.05, 0) is 31.5 Å². The summed E-state index contributed by atoms with van der Waals surface area (Å²) in [5.41, 5.74) is 16.7. The highest BCUT2D eigenvalue weighted by Crippen LogP contribution is 2.47. The molecular formula is C17H27N5O10P2S. The van der Waals surface area contributed by atoms with Crippen LogP contribution < -0.4 is 0 Å². The molecule has 35 heavy (non-hydrogen) atoms. The Balaban J connectivity index is 0. The molecule has 0 bridgehead atoms. The van der Waals surface area contributed by atoms with E-state index in [4.69, 9.17) is 11.1 Å². The van der Waals surface area contributed by atoms with Crippen molar-refractivity contribution in [2.75, 3.05) is 34.6 Å². The van der Waals surface area contributed by atoms with Crippen molar-refractivity contribution in [2.24, 2.45) is 4.52 Å². The number of nitrogens with zero attached hydrogens (tertiary/aromatic N) is 5. The minimum Gasteiger partial charge on any atom is -0.360 e. The van der Waals surface area contributed by atoms with Crippen molar-refractivity contribution in [3.05, 3.63) is 45.8 Å². The maximum atomic E-state index is 11.4. The molecule has 0 aliphatic rings. The average Bonchev–Trinajstić information content (AvgIpc) is 2.79. The number of ketones is 2. The normalized spacial score (nSPS) is 10.8. The lowest BCUT2D eigenvalue weighted by molar-refractivity contribution is -0.115. The highest BCUT2D eigenvalue weighted by Gasteiger charge is 2.41. The van der Waals surface area contributed by atoms with Crippen LogP contribution in [-0.2, 0) is 46.8 Å². The van der Waals surface area contributed by atoms with E-state index in [2.05, 4.69) is 32.3 Å². The molecule has 0 N–H and O–H groups in total. The Labute approximate surface area is 203 Å². The predicted molar refractivity (Wildman–Crippen MR) is 126 cm³/mol. The number of Topliss-reactive ketones (excluding diaryl/α,β-unsaturated/α-hetero) is 2. The van der Waals surface area contributed by atoms with Gasteiger partial charge in [0.1, 0.15) is 11.9 Å². The van der Waals surface area contributed by atoms with E-state index in [1.807, 2.05) is 6.92 Å². The summed E-state index contributed by atoms with van der Waals surface area (Å²) >= 11 is 0. The zero-order valence-electron chi connectivity index (χ0n) is 20.1. The molecule has 0 aromatic heterocycles. The number of sulfonamides is 1. The van der Waals surface area contributed by atoms with Gasteiger partial charge >= 0.3 is 20.6 Å². The molecule has 0 radical (unpaired) electrons. The smallest absolute Gasteiger partial charge is 0.360 e. The molecular weight excluding hydrogens is 528 g/mol. The second-order valence-electron chi connectivity index (χ2n) is 6.14. The first-order chi connectivity index (χ1) is 16.1. The third kappa shape index (κ3) is 12.7. The van der Waals surface area contributed by atoms with E-state index in [1.165, 1.54) is 33.3 Å². The minimum atomic E-state index is -3.82. The molecule has 0 fully saturated rings. The molecule has 1 aromatic carbocycles. The summed E-state index contributed by atoms with van der Waals surface area (Å²) in [6, 6.07) is 6.08. The lowest BCUT2D eigenvalue weighted by atomic mass is 10.2. The Bertz CT molecular complexity index is 1160. The number of benzene rings is 1. The van der Waals surface area contributed by atoms with Crippen LogP contribution in [0.15, 0.2) is 33.7 Å². The second kappa shape index (κ2) is 16.2. The van der Waals surface area contributed by atoms with E-state index in [0.717, 1.165) is 26.7 Å². The Morgan fingerprint density at radius 3 is 1.63 bits per heavy atom. The van der Waals surface area contributed by atoms with E-state index in [0.29, 0.717) is 0 Å². The minimum absolute atomic E-state index is 0.0101. The van der Waals surface area contributed by atoms with Gasteiger partial charge in [-0.1, -0.05) is 17.7 Å². The Morgan fingerprint density at radius 1 is 0.943 bits per heavy atom. The summed E-state index contributed by atoms with van der Waals surface area (Å²) in [5, 5.41) is 0. The molecule has 1 rings (SSSR count). The number of carbonyl (C=O) groups is 2. The molecule has 15 nitrogen and oxygen atoms in total. The van der Waals surface area contributed by atoms with Crippen LogP contribution in [-0.4, -0.2) is 64.8 Å². The molecule has 0 spiro atoms. The molecule has 0 atom stereocenters. The molecule has 196 valence electrons. The fraction of sp³-hybridized carbons (Fsp3) is 0.471. The second-order valence-corrected chi connectivity index (χ2v) is 12.1. The first-order valence-corrected chi connectivity index (χ1v) is 13.9. The quantitative estimate of drug-likeness (QED) is 0.133. The van der Waals surface area contributed by atoms with Gasteiger partial charge in [0, 0.05) is 44.8 Å². The van der Waals surface area contributed by atoms with E-state index in [1.54, 1.807) is 12.1 Å². The van der Waals surface area contributed by atoms with Gasteiger partial charge in [0.05, 0.1) is 4.90 Å². The van der Waals surface area contributed by atoms with Gasteiger partial charge in [-0.15, -0.1) is 0 Å². The highest BCUT2D eigenvalue weighted by molar-refractivity contribution is 7.90. The maximum Gasteiger partial charge on any atom is 0.446 e. The van der Waals surface area contributed by atoms with Crippen LogP contribution in [0.1, 0.15) is 19.4 Å². The van der Waals surface area contributed by atoms with Crippen molar-refractivity contribution in [3.63, 3.8) is 0 Å². The van der Waals surface area contributed by atoms with Gasteiger partial charge in [0.2, 0.25) is 5.78 Å². The fourth-order valence-electron chi connectivity index (χ4n) is 1.85. The summed E-state index contributed by atoms with van der Waals surface area (Å²) in [5.74, 6) is -0.864. The van der Waals surface area contributed by atoms with E-state index < -0.39 is 36.5 Å². The summed E-state index contributed by atoms with van der Waals surface area (Å²) < 4.78 is 65.3. The first kappa shape index (κ1) is 34.7. The number of rotatable bonds is 10. The van der Waals surface area contributed by atoms with Crippen molar-refractivity contribution in [1.29, 1.82) is 0 Å². The Morgan fingerprint density at radius 2 is 1.40 bits per heavy atom. The van der Waals surface area contributed by atoms with E-state index >= 15 is 0 Å². The van der Waals surface area contributed by atoms with Crippen LogP contribution >= 0.6 is 15.2 Å². The molecule has 0 saturated heterocycles. The zero-order chi connectivity index (χ0) is 27.9. The zero-order valence-corrected chi connectivity index (χ0v) is 22.7. The van der Waals surface area contributed by atoms with E-state index in [9.17, 15) is 27.1 Å². The van der Waals surface area contributed by atoms with Crippen molar-refractivity contribution in [3.8, 4) is 0 Å². The number of hydrogen-bond donors (Lipinski definition) is 0. The molecule has 0 aliphatic heterocycles. The summed E-state index contributed by atoms with van der Waals surface area (Å²) in [7, 11) is -5.90. The number of aryl methyl sites for hydroxylation is 1. The Kier molecular flexibility index (Phi) is 16.1. The van der Waals surface area contributed by atoms with Crippen LogP contribution in [0.5, 0.6) is 0 Å². The van der Waals surface area contributed by atoms with Gasteiger partial charge < -0.3 is 23.6 Å². The monoisotopic (exact) mass is 555 g/mol. The lowest BCUT2D eigenvalue weighted by Crippen LogP contribution is -2.13. The highest BCUT2D eigenvalue weighted by atomic mass is 32.2. The number of hydrogen-bond acceptors (Lipinski definition) is 10. The summed E-state index contributed by atoms with van der Waals surface area (Å²) in [4.78, 5) is 26.0. The van der Waals surface area contributed by atoms with E-state index in [-0.39, 0.29) is 16.8 Å². The summed E-state index contributed by atoms with van der Waals surface area (Å²) in [6.45, 7) is 4.27. The molecule has 18 heteroatoms. The van der Waals surface area contributed by atoms with Crippen molar-refractivity contribution < 1.29 is 50.0 Å². The number of carbonyl (C=O) groups excluding carboxylic acids is 2. The van der Waals surface area contributed by atoms with Gasteiger partial charge in [-0.25, -0.2) is 13.0 Å². The Hall–Kier alpha value is -2.50. The fourth-order valence-corrected chi connectivity index (χ4v) is 4.46. The standard InChI is InChI=1S/C7H7N3O2S.C5H9N2O4P.C5H11O4P/c1-6-2-4-7(5-3-6)13(11,12)10-9-8;1-4(8)5(7-6)12(9,10-2)11-3;1-5(6)4-10(7,8-2)9-3/h2-5H,1H3;1-3H3;4H2,1-3H3. The molecule has 0 aliphatic carbocycles. The van der Waals surface area contributed by atoms with Crippen LogP contribution in [0.4, 0.5) is 0 Å². The van der Waals surface area contributed by atoms with Crippen molar-refractivity contribution >= 4 is 42.2 Å². The topological polar surface area (TPSA) is 225 Å². The number of azide groups is 1. The van der Waals surface area contributed by atoms with Crippen LogP contribution in [0.3, 0.4) is 0 Å².